The molecular weight excluding hydrogens is 402 g/mol. The predicted molar refractivity (Wildman–Crippen MR) is 109 cm³/mol. The lowest BCUT2D eigenvalue weighted by Gasteiger charge is -2.29. The van der Waals surface area contributed by atoms with Crippen molar-refractivity contribution < 1.29 is 18.0 Å². The Balaban J connectivity index is 1.69. The lowest BCUT2D eigenvalue weighted by molar-refractivity contribution is -0.136. The maximum atomic E-state index is 12.2. The summed E-state index contributed by atoms with van der Waals surface area (Å²) in [5.74, 6) is -1.65. The highest BCUT2D eigenvalue weighted by Gasteiger charge is 2.24. The van der Waals surface area contributed by atoms with Crippen LogP contribution in [0.25, 0.3) is 0 Å². The van der Waals surface area contributed by atoms with Crippen LogP contribution in [0.5, 0.6) is 0 Å². The van der Waals surface area contributed by atoms with Crippen LogP contribution in [0.1, 0.15) is 17.5 Å². The van der Waals surface area contributed by atoms with Crippen molar-refractivity contribution in [3.8, 4) is 0 Å². The number of sulfonamides is 1. The first-order valence-corrected chi connectivity index (χ1v) is 10.9. The molecule has 0 radical (unpaired) electrons. The molecule has 0 saturated carbocycles. The van der Waals surface area contributed by atoms with E-state index in [4.69, 9.17) is 11.6 Å². The minimum atomic E-state index is -3.42. The Morgan fingerprint density at radius 3 is 2.61 bits per heavy atom. The fourth-order valence-corrected chi connectivity index (χ4v) is 4.24. The van der Waals surface area contributed by atoms with Crippen molar-refractivity contribution >= 4 is 44.8 Å². The molecule has 0 spiro atoms. The molecule has 1 heterocycles. The van der Waals surface area contributed by atoms with Gasteiger partial charge in [0.25, 0.3) is 0 Å². The second-order valence-corrected chi connectivity index (χ2v) is 8.82. The highest BCUT2D eigenvalue weighted by atomic mass is 35.5. The molecule has 2 aromatic carbocycles. The summed E-state index contributed by atoms with van der Waals surface area (Å²) in [6.45, 7) is 0.513. The summed E-state index contributed by atoms with van der Waals surface area (Å²) in [5, 5.41) is 5.52. The summed E-state index contributed by atoms with van der Waals surface area (Å²) < 4.78 is 25.3. The Morgan fingerprint density at radius 2 is 1.89 bits per heavy atom. The standard InChI is InChI=1S/C19H20ClN3O4S/c1-28(26,27)23-10-4-6-13-8-9-15(11-17(13)23)22-19(25)18(24)21-12-14-5-2-3-7-16(14)20/h2-3,5,7-9,11H,4,6,10,12H2,1H3,(H,21,24)(H,22,25). The largest absolute Gasteiger partial charge is 0.344 e. The van der Waals surface area contributed by atoms with Crippen molar-refractivity contribution in [1.82, 2.24) is 5.32 Å². The maximum absolute atomic E-state index is 12.2. The Kier molecular flexibility index (Phi) is 5.90. The number of amides is 2. The van der Waals surface area contributed by atoms with Crippen LogP contribution in [0.15, 0.2) is 42.5 Å². The van der Waals surface area contributed by atoms with Gasteiger partial charge in [0.15, 0.2) is 0 Å². The van der Waals surface area contributed by atoms with E-state index < -0.39 is 21.8 Å². The smallest absolute Gasteiger partial charge is 0.313 e. The van der Waals surface area contributed by atoms with Gasteiger partial charge in [-0.05, 0) is 42.2 Å². The minimum Gasteiger partial charge on any atom is -0.344 e. The number of benzene rings is 2. The number of fused-ring (bicyclic) bond motifs is 1. The molecule has 0 unspecified atom stereocenters. The van der Waals surface area contributed by atoms with Crippen LogP contribution in [-0.2, 0) is 32.6 Å². The van der Waals surface area contributed by atoms with Crippen LogP contribution < -0.4 is 14.9 Å². The van der Waals surface area contributed by atoms with Crippen molar-refractivity contribution in [2.75, 3.05) is 22.4 Å². The molecule has 2 N–H and O–H groups in total. The van der Waals surface area contributed by atoms with Crippen molar-refractivity contribution in [2.45, 2.75) is 19.4 Å². The number of carbonyl (C=O) groups excluding carboxylic acids is 2. The highest BCUT2D eigenvalue weighted by Crippen LogP contribution is 2.31. The maximum Gasteiger partial charge on any atom is 0.313 e. The number of halogens is 1. The van der Waals surface area contributed by atoms with E-state index in [0.29, 0.717) is 28.5 Å². The van der Waals surface area contributed by atoms with Gasteiger partial charge in [0, 0.05) is 23.8 Å². The van der Waals surface area contributed by atoms with Gasteiger partial charge in [0.1, 0.15) is 0 Å². The molecule has 0 atom stereocenters. The molecule has 1 aliphatic heterocycles. The van der Waals surface area contributed by atoms with Crippen molar-refractivity contribution in [1.29, 1.82) is 0 Å². The number of hydrogen-bond donors (Lipinski definition) is 2. The Labute approximate surface area is 168 Å². The molecule has 7 nitrogen and oxygen atoms in total. The quantitative estimate of drug-likeness (QED) is 0.740. The molecule has 0 aromatic heterocycles. The fraction of sp³-hybridized carbons (Fsp3) is 0.263. The lowest BCUT2D eigenvalue weighted by atomic mass is 10.0. The van der Waals surface area contributed by atoms with Crippen molar-refractivity contribution in [3.05, 3.63) is 58.6 Å². The summed E-state index contributed by atoms with van der Waals surface area (Å²) >= 11 is 6.03. The van der Waals surface area contributed by atoms with Crippen LogP contribution in [0.4, 0.5) is 11.4 Å². The molecule has 9 heteroatoms. The molecule has 28 heavy (non-hydrogen) atoms. The van der Waals surface area contributed by atoms with E-state index in [-0.39, 0.29) is 6.54 Å². The molecule has 0 saturated heterocycles. The van der Waals surface area contributed by atoms with E-state index in [1.807, 2.05) is 0 Å². The molecule has 148 valence electrons. The predicted octanol–water partition coefficient (Wildman–Crippen LogP) is 2.31. The SMILES string of the molecule is CS(=O)(=O)N1CCCc2ccc(NC(=O)C(=O)NCc3ccccc3Cl)cc21. The number of carbonyl (C=O) groups is 2. The summed E-state index contributed by atoms with van der Waals surface area (Å²) in [6, 6.07) is 12.0. The number of rotatable bonds is 4. The molecule has 0 fully saturated rings. The van der Waals surface area contributed by atoms with Crippen LogP contribution in [0, 0.1) is 0 Å². The molecule has 3 rings (SSSR count). The molecule has 2 aromatic rings. The monoisotopic (exact) mass is 421 g/mol. The van der Waals surface area contributed by atoms with Gasteiger partial charge < -0.3 is 10.6 Å². The van der Waals surface area contributed by atoms with E-state index in [0.717, 1.165) is 24.7 Å². The zero-order valence-corrected chi connectivity index (χ0v) is 16.8. The third-order valence-corrected chi connectivity index (χ3v) is 5.97. The van der Waals surface area contributed by atoms with Crippen LogP contribution in [0.3, 0.4) is 0 Å². The normalized spacial score (nSPS) is 13.6. The zero-order valence-electron chi connectivity index (χ0n) is 15.2. The van der Waals surface area contributed by atoms with Gasteiger partial charge in [-0.25, -0.2) is 8.42 Å². The van der Waals surface area contributed by atoms with Gasteiger partial charge in [-0.2, -0.15) is 0 Å². The second-order valence-electron chi connectivity index (χ2n) is 6.51. The average molecular weight is 422 g/mol. The summed E-state index contributed by atoms with van der Waals surface area (Å²) in [5.41, 5.74) is 2.47. The Bertz CT molecular complexity index is 1020. The third kappa shape index (κ3) is 4.63. The number of nitrogens with one attached hydrogen (secondary N) is 2. The number of aryl methyl sites for hydroxylation is 1. The third-order valence-electron chi connectivity index (χ3n) is 4.42. The molecule has 1 aliphatic rings. The van der Waals surface area contributed by atoms with E-state index >= 15 is 0 Å². The summed E-state index contributed by atoms with van der Waals surface area (Å²) in [7, 11) is -3.42. The van der Waals surface area contributed by atoms with Gasteiger partial charge in [0.05, 0.1) is 11.9 Å². The van der Waals surface area contributed by atoms with Crippen molar-refractivity contribution in [2.24, 2.45) is 0 Å². The number of nitrogens with zero attached hydrogens (tertiary/aromatic N) is 1. The fourth-order valence-electron chi connectivity index (χ4n) is 3.05. The van der Waals surface area contributed by atoms with E-state index in [2.05, 4.69) is 10.6 Å². The lowest BCUT2D eigenvalue weighted by Crippen LogP contribution is -2.36. The van der Waals surface area contributed by atoms with Gasteiger partial charge in [0.2, 0.25) is 10.0 Å². The van der Waals surface area contributed by atoms with Gasteiger partial charge in [-0.15, -0.1) is 0 Å². The number of anilines is 2. The minimum absolute atomic E-state index is 0.123. The van der Waals surface area contributed by atoms with Gasteiger partial charge >= 0.3 is 11.8 Å². The topological polar surface area (TPSA) is 95.6 Å². The van der Waals surface area contributed by atoms with Crippen LogP contribution in [-0.4, -0.2) is 33.0 Å². The molecule has 0 aliphatic carbocycles. The van der Waals surface area contributed by atoms with Crippen LogP contribution in [0.2, 0.25) is 5.02 Å². The highest BCUT2D eigenvalue weighted by molar-refractivity contribution is 7.92. The van der Waals surface area contributed by atoms with Gasteiger partial charge in [-0.1, -0.05) is 35.9 Å². The van der Waals surface area contributed by atoms with Crippen LogP contribution >= 0.6 is 11.6 Å². The molecule has 0 bridgehead atoms. The van der Waals surface area contributed by atoms with Crippen molar-refractivity contribution in [3.63, 3.8) is 0 Å². The first kappa shape index (κ1) is 20.2. The van der Waals surface area contributed by atoms with E-state index in [1.54, 1.807) is 42.5 Å². The van der Waals surface area contributed by atoms with E-state index in [1.165, 1.54) is 4.31 Å². The number of hydrogen-bond acceptors (Lipinski definition) is 4. The molecular formula is C19H20ClN3O4S. The summed E-state index contributed by atoms with van der Waals surface area (Å²) in [4.78, 5) is 24.2. The van der Waals surface area contributed by atoms with E-state index in [9.17, 15) is 18.0 Å². The Hall–Kier alpha value is -2.58. The summed E-state index contributed by atoms with van der Waals surface area (Å²) in [6.07, 6.45) is 2.64. The zero-order chi connectivity index (χ0) is 20.3. The first-order valence-electron chi connectivity index (χ1n) is 8.69. The average Bonchev–Trinajstić information content (AvgIpc) is 2.65. The van der Waals surface area contributed by atoms with Gasteiger partial charge in [-0.3, -0.25) is 13.9 Å². The Morgan fingerprint density at radius 1 is 1.14 bits per heavy atom. The second kappa shape index (κ2) is 8.20. The molecule has 2 amide bonds. The first-order chi connectivity index (χ1) is 13.3.